The van der Waals surface area contributed by atoms with Crippen LogP contribution in [-0.2, 0) is 28.7 Å². The molecule has 1 spiro atoms. The third kappa shape index (κ3) is 6.10. The number of esters is 1. The van der Waals surface area contributed by atoms with Crippen molar-refractivity contribution in [3.8, 4) is 0 Å². The van der Waals surface area contributed by atoms with Crippen molar-refractivity contribution in [2.75, 3.05) is 24.6 Å². The molecule has 12 heteroatoms. The number of amides is 3. The maximum Gasteiger partial charge on any atom is 0.313 e. The summed E-state index contributed by atoms with van der Waals surface area (Å²) in [6.07, 6.45) is 4.94. The van der Waals surface area contributed by atoms with Gasteiger partial charge in [0.25, 0.3) is 5.91 Å². The second-order valence-corrected chi connectivity index (χ2v) is 14.1. The average molecular weight is 741 g/mol. The number of cyclic esters (lactones) is 1. The Kier molecular flexibility index (Phi) is 10.1. The van der Waals surface area contributed by atoms with E-state index in [1.807, 2.05) is 56.3 Å². The van der Waals surface area contributed by atoms with Gasteiger partial charge >= 0.3 is 5.97 Å². The molecule has 254 valence electrons. The second-order valence-electron chi connectivity index (χ2n) is 12.8. The first-order valence-corrected chi connectivity index (χ1v) is 17.5. The van der Waals surface area contributed by atoms with Gasteiger partial charge in [0, 0.05) is 28.2 Å². The number of halogens is 2. The van der Waals surface area contributed by atoms with Crippen LogP contribution >= 0.6 is 27.5 Å². The molecule has 0 aromatic heterocycles. The number of carbonyl (C=O) groups excluding carboxylic acids is 4. The number of aliphatic hydroxyl groups is 1. The normalized spacial score (nSPS) is 31.2. The summed E-state index contributed by atoms with van der Waals surface area (Å²) in [6, 6.07) is 14.0. The molecule has 3 amide bonds. The van der Waals surface area contributed by atoms with Gasteiger partial charge < -0.3 is 29.7 Å². The van der Waals surface area contributed by atoms with Gasteiger partial charge in [-0.25, -0.2) is 0 Å². The minimum atomic E-state index is -1.51. The number of likely N-dealkylation sites (tertiary alicyclic amines) is 1. The summed E-state index contributed by atoms with van der Waals surface area (Å²) in [5, 5.41) is 14.1. The highest BCUT2D eigenvalue weighted by molar-refractivity contribution is 9.11. The zero-order valence-electron chi connectivity index (χ0n) is 26.8. The smallest absolute Gasteiger partial charge is 0.313 e. The molecule has 2 N–H and O–H groups in total. The van der Waals surface area contributed by atoms with E-state index in [1.165, 1.54) is 4.90 Å². The second kappa shape index (κ2) is 14.2. The molecule has 2 aromatic carbocycles. The van der Waals surface area contributed by atoms with Crippen LogP contribution < -0.4 is 10.2 Å². The van der Waals surface area contributed by atoms with Gasteiger partial charge in [-0.2, -0.15) is 0 Å². The number of benzene rings is 2. The minimum absolute atomic E-state index is 0.0372. The maximum atomic E-state index is 15.1. The van der Waals surface area contributed by atoms with E-state index in [2.05, 4.69) is 21.2 Å². The van der Waals surface area contributed by atoms with E-state index in [-0.39, 0.29) is 37.9 Å². The quantitative estimate of drug-likeness (QED) is 0.325. The highest BCUT2D eigenvalue weighted by Gasteiger charge is 2.75. The van der Waals surface area contributed by atoms with Gasteiger partial charge in [0.05, 0.1) is 25.1 Å². The number of ether oxygens (including phenoxy) is 2. The molecule has 4 heterocycles. The molecule has 0 unspecified atom stereocenters. The van der Waals surface area contributed by atoms with E-state index in [0.29, 0.717) is 33.6 Å². The first-order valence-electron chi connectivity index (χ1n) is 16.3. The van der Waals surface area contributed by atoms with Gasteiger partial charge in [-0.05, 0) is 48.2 Å². The number of carbonyl (C=O) groups is 4. The van der Waals surface area contributed by atoms with Crippen LogP contribution in [0, 0.1) is 17.8 Å². The zero-order chi connectivity index (χ0) is 34.2. The molecule has 8 atom stereocenters. The molecular weight excluding hydrogens is 702 g/mol. The molecule has 4 aliphatic heterocycles. The lowest BCUT2D eigenvalue weighted by Gasteiger charge is -2.40. The van der Waals surface area contributed by atoms with Crippen LogP contribution in [0.2, 0.25) is 5.02 Å². The van der Waals surface area contributed by atoms with Crippen LogP contribution in [0.5, 0.6) is 0 Å². The van der Waals surface area contributed by atoms with Crippen LogP contribution in [0.15, 0.2) is 77.3 Å². The predicted octanol–water partition coefficient (Wildman–Crippen LogP) is 4.70. The lowest BCUT2D eigenvalue weighted by molar-refractivity contribution is -0.160. The molecule has 48 heavy (non-hydrogen) atoms. The summed E-state index contributed by atoms with van der Waals surface area (Å²) in [5.41, 5.74) is -0.292. The summed E-state index contributed by atoms with van der Waals surface area (Å²) in [5.74, 6) is -4.13. The van der Waals surface area contributed by atoms with E-state index in [0.717, 1.165) is 0 Å². The molecule has 0 aliphatic carbocycles. The average Bonchev–Trinajstić information content (AvgIpc) is 3.68. The third-order valence-corrected chi connectivity index (χ3v) is 11.0. The lowest BCUT2D eigenvalue weighted by atomic mass is 9.74. The van der Waals surface area contributed by atoms with Crippen molar-refractivity contribution in [2.24, 2.45) is 17.8 Å². The van der Waals surface area contributed by atoms with Crippen LogP contribution in [0.3, 0.4) is 0 Å². The summed E-state index contributed by atoms with van der Waals surface area (Å²) in [6.45, 7) is 3.67. The van der Waals surface area contributed by atoms with Gasteiger partial charge in [0.2, 0.25) is 11.8 Å². The van der Waals surface area contributed by atoms with E-state index < -0.39 is 59.5 Å². The Bertz CT molecular complexity index is 1620. The molecule has 5 bridgehead atoms. The Hall–Kier alpha value is -3.51. The fourth-order valence-electron chi connectivity index (χ4n) is 7.39. The van der Waals surface area contributed by atoms with E-state index in [1.54, 1.807) is 35.2 Å². The molecule has 2 aromatic rings. The number of anilines is 1. The highest BCUT2D eigenvalue weighted by atomic mass is 79.9. The molecule has 2 fully saturated rings. The Morgan fingerprint density at radius 2 is 1.79 bits per heavy atom. The first kappa shape index (κ1) is 34.4. The molecule has 4 aliphatic rings. The zero-order valence-corrected chi connectivity index (χ0v) is 29.1. The number of hydrogen-bond donors (Lipinski definition) is 2. The summed E-state index contributed by atoms with van der Waals surface area (Å²) in [4.78, 5) is 59.9. The van der Waals surface area contributed by atoms with E-state index >= 15 is 4.79 Å². The van der Waals surface area contributed by atoms with Crippen LogP contribution in [-0.4, -0.2) is 77.2 Å². The Labute approximate surface area is 293 Å². The van der Waals surface area contributed by atoms with Crippen molar-refractivity contribution in [3.63, 3.8) is 0 Å². The largest absolute Gasteiger partial charge is 0.455 e. The number of nitrogens with zero attached hydrogens (tertiary/aromatic N) is 2. The van der Waals surface area contributed by atoms with Crippen molar-refractivity contribution < 1.29 is 33.8 Å². The van der Waals surface area contributed by atoms with Gasteiger partial charge in [-0.1, -0.05) is 90.3 Å². The number of aliphatic hydroxyl groups excluding tert-OH is 1. The number of nitrogens with one attached hydrogen (secondary N) is 1. The Morgan fingerprint density at radius 3 is 2.48 bits per heavy atom. The standard InChI is InChI=1S/C36H39BrClN3O7/c1-3-21(2)26(20-42)41-32-34(45)40(24-15-13-23(38)14-16-24)17-9-5-8-12-28(43)39-19-27(22-10-6-4-7-11-22)47-35(46)29-30(33(41)44)36(32)18-25(37)31(29)48-36/h4-7,9-11,13-16,18,21,26-27,29-32,42H,3,8,12,17,19-20H2,1-2H3,(H,39,43)/b9-5-/t21-,26-,27-,29-,30+,31-,32-,36+/m0/s1. The van der Waals surface area contributed by atoms with Gasteiger partial charge in [-0.15, -0.1) is 0 Å². The molecule has 0 saturated carbocycles. The fourth-order valence-corrected chi connectivity index (χ4v) is 8.25. The minimum Gasteiger partial charge on any atom is -0.455 e. The Balaban J connectivity index is 1.49. The lowest BCUT2D eigenvalue weighted by Crippen LogP contribution is -2.59. The fraction of sp³-hybridized carbons (Fsp3) is 0.444. The maximum absolute atomic E-state index is 15.1. The number of allylic oxidation sites excluding steroid dienone is 1. The van der Waals surface area contributed by atoms with E-state index in [9.17, 15) is 19.5 Å². The van der Waals surface area contributed by atoms with Gasteiger partial charge in [0.1, 0.15) is 29.8 Å². The SMILES string of the molecule is CC[C@H](C)[C@H](CO)N1C(=O)[C@H]2[C@@H]3C(=O)O[C@H](c4ccccc4)CNC(=O)CC/C=C\CN(c4ccc(Cl)cc4)C(=O)[C@H]1[C@@]21C=C(Br)[C@@H]3O1. The van der Waals surface area contributed by atoms with Crippen LogP contribution in [0.1, 0.15) is 44.8 Å². The van der Waals surface area contributed by atoms with Crippen molar-refractivity contribution >= 4 is 56.9 Å². The molecule has 0 radical (unpaired) electrons. The number of fused-ring (bicyclic) bond motifs is 2. The number of hydrogen-bond acceptors (Lipinski definition) is 7. The molecule has 2 saturated heterocycles. The highest BCUT2D eigenvalue weighted by Crippen LogP contribution is 2.59. The van der Waals surface area contributed by atoms with Gasteiger partial charge in [-0.3, -0.25) is 19.2 Å². The summed E-state index contributed by atoms with van der Waals surface area (Å²) < 4.78 is 13.3. The summed E-state index contributed by atoms with van der Waals surface area (Å²) >= 11 is 9.80. The first-order chi connectivity index (χ1) is 23.1. The summed E-state index contributed by atoms with van der Waals surface area (Å²) in [7, 11) is 0. The number of rotatable bonds is 6. The predicted molar refractivity (Wildman–Crippen MR) is 183 cm³/mol. The van der Waals surface area contributed by atoms with Crippen molar-refractivity contribution in [3.05, 3.63) is 87.9 Å². The van der Waals surface area contributed by atoms with Gasteiger partial charge in [0.15, 0.2) is 0 Å². The topological polar surface area (TPSA) is 125 Å². The molecule has 10 nitrogen and oxygen atoms in total. The van der Waals surface area contributed by atoms with Crippen molar-refractivity contribution in [1.82, 2.24) is 10.2 Å². The van der Waals surface area contributed by atoms with Crippen molar-refractivity contribution in [1.29, 1.82) is 0 Å². The van der Waals surface area contributed by atoms with E-state index in [4.69, 9.17) is 21.1 Å². The molecular formula is C36H39BrClN3O7. The third-order valence-electron chi connectivity index (χ3n) is 10.0. The van der Waals surface area contributed by atoms with Crippen molar-refractivity contribution in [2.45, 2.75) is 63.0 Å². The van der Waals surface area contributed by atoms with Crippen LogP contribution in [0.4, 0.5) is 5.69 Å². The van der Waals surface area contributed by atoms with Crippen LogP contribution in [0.25, 0.3) is 0 Å². The molecule has 6 rings (SSSR count). The Morgan fingerprint density at radius 1 is 1.06 bits per heavy atom. The monoisotopic (exact) mass is 739 g/mol.